The zero-order valence-electron chi connectivity index (χ0n) is 14.0. The Balaban J connectivity index is 1.78. The van der Waals surface area contributed by atoms with Crippen molar-refractivity contribution in [2.75, 3.05) is 23.8 Å². The van der Waals surface area contributed by atoms with E-state index in [-0.39, 0.29) is 5.91 Å². The van der Waals surface area contributed by atoms with Crippen molar-refractivity contribution in [2.45, 2.75) is 27.2 Å². The van der Waals surface area contributed by atoms with Crippen LogP contribution in [0.5, 0.6) is 5.75 Å². The van der Waals surface area contributed by atoms with Gasteiger partial charge in [0.05, 0.1) is 6.61 Å². The largest absolute Gasteiger partial charge is 0.494 e. The number of hydrogen-bond donors (Lipinski definition) is 2. The third-order valence-corrected chi connectivity index (χ3v) is 3.50. The molecule has 0 aromatic heterocycles. The Morgan fingerprint density at radius 3 is 2.48 bits per heavy atom. The van der Waals surface area contributed by atoms with Crippen molar-refractivity contribution in [1.82, 2.24) is 0 Å². The molecular formula is C19H24N2O2. The van der Waals surface area contributed by atoms with Gasteiger partial charge >= 0.3 is 0 Å². The summed E-state index contributed by atoms with van der Waals surface area (Å²) in [5.74, 6) is 0.799. The first-order chi connectivity index (χ1) is 11.1. The summed E-state index contributed by atoms with van der Waals surface area (Å²) < 4.78 is 5.38. The molecule has 0 saturated carbocycles. The molecule has 0 saturated heterocycles. The molecule has 0 aliphatic rings. The fourth-order valence-electron chi connectivity index (χ4n) is 2.35. The summed E-state index contributed by atoms with van der Waals surface area (Å²) in [6, 6.07) is 13.6. The molecule has 23 heavy (non-hydrogen) atoms. The van der Waals surface area contributed by atoms with E-state index < -0.39 is 0 Å². The van der Waals surface area contributed by atoms with E-state index in [4.69, 9.17) is 4.74 Å². The van der Waals surface area contributed by atoms with E-state index in [9.17, 15) is 4.79 Å². The Kier molecular flexibility index (Phi) is 6.03. The molecule has 0 spiro atoms. The summed E-state index contributed by atoms with van der Waals surface area (Å²) >= 11 is 0. The van der Waals surface area contributed by atoms with E-state index in [1.807, 2.05) is 31.2 Å². The summed E-state index contributed by atoms with van der Waals surface area (Å²) in [7, 11) is 0. The minimum absolute atomic E-state index is 0.00794. The van der Waals surface area contributed by atoms with Crippen LogP contribution in [-0.2, 0) is 4.79 Å². The fraction of sp³-hybridized carbons (Fsp3) is 0.316. The fourth-order valence-corrected chi connectivity index (χ4v) is 2.35. The number of carbonyl (C=O) groups is 1. The van der Waals surface area contributed by atoms with Gasteiger partial charge in [-0.15, -0.1) is 0 Å². The molecule has 1 amide bonds. The minimum atomic E-state index is -0.00794. The van der Waals surface area contributed by atoms with E-state index in [0.29, 0.717) is 19.6 Å². The topological polar surface area (TPSA) is 50.4 Å². The van der Waals surface area contributed by atoms with Gasteiger partial charge in [0.1, 0.15) is 5.75 Å². The third-order valence-electron chi connectivity index (χ3n) is 3.50. The van der Waals surface area contributed by atoms with E-state index in [0.717, 1.165) is 17.1 Å². The van der Waals surface area contributed by atoms with Crippen molar-refractivity contribution in [3.63, 3.8) is 0 Å². The van der Waals surface area contributed by atoms with Gasteiger partial charge in [-0.05, 0) is 56.7 Å². The van der Waals surface area contributed by atoms with Gasteiger partial charge in [-0.3, -0.25) is 4.79 Å². The quantitative estimate of drug-likeness (QED) is 0.808. The van der Waals surface area contributed by atoms with Crippen LogP contribution in [0.3, 0.4) is 0 Å². The smallest absolute Gasteiger partial charge is 0.226 e. The average molecular weight is 312 g/mol. The zero-order valence-corrected chi connectivity index (χ0v) is 14.0. The molecule has 0 fully saturated rings. The van der Waals surface area contributed by atoms with Crippen LogP contribution in [0.15, 0.2) is 42.5 Å². The van der Waals surface area contributed by atoms with Gasteiger partial charge in [0.2, 0.25) is 5.91 Å². The number of ether oxygens (including phenoxy) is 1. The van der Waals surface area contributed by atoms with Crippen LogP contribution in [-0.4, -0.2) is 19.1 Å². The molecule has 0 aliphatic carbocycles. The van der Waals surface area contributed by atoms with Gasteiger partial charge in [-0.1, -0.05) is 17.7 Å². The number of amides is 1. The molecule has 122 valence electrons. The highest BCUT2D eigenvalue weighted by Gasteiger charge is 2.04. The molecule has 0 atom stereocenters. The molecule has 0 radical (unpaired) electrons. The van der Waals surface area contributed by atoms with Crippen LogP contribution in [0.2, 0.25) is 0 Å². The van der Waals surface area contributed by atoms with Crippen molar-refractivity contribution < 1.29 is 9.53 Å². The normalized spacial score (nSPS) is 10.2. The van der Waals surface area contributed by atoms with Gasteiger partial charge < -0.3 is 15.4 Å². The summed E-state index contributed by atoms with van der Waals surface area (Å²) in [5.41, 5.74) is 4.28. The molecule has 0 unspecified atom stereocenters. The Labute approximate surface area is 137 Å². The predicted molar refractivity (Wildman–Crippen MR) is 95.3 cm³/mol. The van der Waals surface area contributed by atoms with Crippen LogP contribution < -0.4 is 15.4 Å². The van der Waals surface area contributed by atoms with E-state index in [1.54, 1.807) is 0 Å². The van der Waals surface area contributed by atoms with E-state index in [1.165, 1.54) is 11.1 Å². The third kappa shape index (κ3) is 5.33. The van der Waals surface area contributed by atoms with Crippen LogP contribution >= 0.6 is 0 Å². The van der Waals surface area contributed by atoms with Gasteiger partial charge in [-0.25, -0.2) is 0 Å². The van der Waals surface area contributed by atoms with Gasteiger partial charge in [0, 0.05) is 24.3 Å². The summed E-state index contributed by atoms with van der Waals surface area (Å²) in [6.07, 6.45) is 0.417. The van der Waals surface area contributed by atoms with Crippen molar-refractivity contribution in [1.29, 1.82) is 0 Å². The van der Waals surface area contributed by atoms with E-state index in [2.05, 4.69) is 42.7 Å². The number of anilines is 2. The number of nitrogens with one attached hydrogen (secondary N) is 2. The lowest BCUT2D eigenvalue weighted by molar-refractivity contribution is -0.115. The maximum absolute atomic E-state index is 12.0. The van der Waals surface area contributed by atoms with Gasteiger partial charge in [0.15, 0.2) is 0 Å². The number of carbonyl (C=O) groups excluding carboxylic acids is 1. The minimum Gasteiger partial charge on any atom is -0.494 e. The molecule has 2 aromatic carbocycles. The second-order valence-electron chi connectivity index (χ2n) is 5.50. The first-order valence-electron chi connectivity index (χ1n) is 7.92. The van der Waals surface area contributed by atoms with Crippen molar-refractivity contribution in [2.24, 2.45) is 0 Å². The summed E-state index contributed by atoms with van der Waals surface area (Å²) in [5, 5.41) is 6.19. The monoisotopic (exact) mass is 312 g/mol. The first-order valence-corrected chi connectivity index (χ1v) is 7.92. The number of aryl methyl sites for hydroxylation is 2. The van der Waals surface area contributed by atoms with Crippen LogP contribution in [0.1, 0.15) is 24.5 Å². The standard InChI is InChI=1S/C19H24N2O2/c1-4-23-17-8-6-16(7-9-17)21-19(22)11-12-20-18-10-5-14(2)13-15(18)3/h5-10,13,20H,4,11-12H2,1-3H3,(H,21,22). The van der Waals surface area contributed by atoms with Gasteiger partial charge in [0.25, 0.3) is 0 Å². The molecule has 2 N–H and O–H groups in total. The predicted octanol–water partition coefficient (Wildman–Crippen LogP) is 4.14. The molecular weight excluding hydrogens is 288 g/mol. The average Bonchev–Trinajstić information content (AvgIpc) is 2.52. The maximum atomic E-state index is 12.0. The lowest BCUT2D eigenvalue weighted by atomic mass is 10.1. The SMILES string of the molecule is CCOc1ccc(NC(=O)CCNc2ccc(C)cc2C)cc1. The molecule has 2 rings (SSSR count). The second kappa shape index (κ2) is 8.22. The molecule has 0 bridgehead atoms. The number of benzene rings is 2. The lowest BCUT2D eigenvalue weighted by Crippen LogP contribution is -2.16. The van der Waals surface area contributed by atoms with Gasteiger partial charge in [-0.2, -0.15) is 0 Å². The highest BCUT2D eigenvalue weighted by molar-refractivity contribution is 5.91. The highest BCUT2D eigenvalue weighted by atomic mass is 16.5. The highest BCUT2D eigenvalue weighted by Crippen LogP contribution is 2.17. The van der Waals surface area contributed by atoms with E-state index >= 15 is 0 Å². The molecule has 0 heterocycles. The Bertz CT molecular complexity index is 651. The Morgan fingerprint density at radius 2 is 1.83 bits per heavy atom. The second-order valence-corrected chi connectivity index (χ2v) is 5.50. The first kappa shape index (κ1) is 16.9. The molecule has 4 nitrogen and oxygen atoms in total. The van der Waals surface area contributed by atoms with Crippen LogP contribution in [0, 0.1) is 13.8 Å². The van der Waals surface area contributed by atoms with Crippen molar-refractivity contribution in [3.8, 4) is 5.75 Å². The molecule has 2 aromatic rings. The Hall–Kier alpha value is -2.49. The molecule has 4 heteroatoms. The van der Waals surface area contributed by atoms with Crippen molar-refractivity contribution in [3.05, 3.63) is 53.6 Å². The lowest BCUT2D eigenvalue weighted by Gasteiger charge is -2.11. The maximum Gasteiger partial charge on any atom is 0.226 e. The summed E-state index contributed by atoms with van der Waals surface area (Å²) in [4.78, 5) is 12.0. The summed E-state index contributed by atoms with van der Waals surface area (Å²) in [6.45, 7) is 7.32. The number of hydrogen-bond acceptors (Lipinski definition) is 3. The Morgan fingerprint density at radius 1 is 1.09 bits per heavy atom. The number of rotatable bonds is 7. The van der Waals surface area contributed by atoms with Crippen molar-refractivity contribution >= 4 is 17.3 Å². The van der Waals surface area contributed by atoms with Crippen LogP contribution in [0.4, 0.5) is 11.4 Å². The molecule has 0 aliphatic heterocycles. The van der Waals surface area contributed by atoms with Crippen LogP contribution in [0.25, 0.3) is 0 Å². The zero-order chi connectivity index (χ0) is 16.7.